The molecule has 0 radical (unpaired) electrons. The van der Waals surface area contributed by atoms with E-state index in [1.807, 2.05) is 0 Å². The van der Waals surface area contributed by atoms with Crippen LogP contribution in [0.4, 0.5) is 4.79 Å². The Balaban J connectivity index is 1.86. The summed E-state index contributed by atoms with van der Waals surface area (Å²) in [6, 6.07) is 8.29. The summed E-state index contributed by atoms with van der Waals surface area (Å²) in [6.45, 7) is 0.103. The zero-order chi connectivity index (χ0) is 20.4. The summed E-state index contributed by atoms with van der Waals surface area (Å²) in [5, 5.41) is 0.739. The lowest BCUT2D eigenvalue weighted by atomic mass is 10.1. The van der Waals surface area contributed by atoms with Crippen LogP contribution in [0.1, 0.15) is 11.1 Å². The normalized spacial score (nSPS) is 15.5. The van der Waals surface area contributed by atoms with Crippen molar-refractivity contribution < 1.29 is 19.1 Å². The van der Waals surface area contributed by atoms with Crippen LogP contribution in [-0.4, -0.2) is 30.3 Å². The molecule has 0 N–H and O–H groups in total. The highest BCUT2D eigenvalue weighted by Gasteiger charge is 2.35. The summed E-state index contributed by atoms with van der Waals surface area (Å²) < 4.78 is 10.5. The van der Waals surface area contributed by atoms with E-state index in [1.165, 1.54) is 14.2 Å². The van der Waals surface area contributed by atoms with E-state index in [9.17, 15) is 9.59 Å². The zero-order valence-electron chi connectivity index (χ0n) is 14.8. The van der Waals surface area contributed by atoms with E-state index in [2.05, 4.69) is 0 Å². The Kier molecular flexibility index (Phi) is 6.45. The van der Waals surface area contributed by atoms with Crippen molar-refractivity contribution in [1.29, 1.82) is 0 Å². The molecule has 28 heavy (non-hydrogen) atoms. The summed E-state index contributed by atoms with van der Waals surface area (Å²) in [6.07, 6.45) is 1.59. The van der Waals surface area contributed by atoms with Crippen molar-refractivity contribution in [1.82, 2.24) is 4.90 Å². The molecule has 5 nitrogen and oxygen atoms in total. The number of halogens is 3. The van der Waals surface area contributed by atoms with Gasteiger partial charge in [0.2, 0.25) is 0 Å². The van der Waals surface area contributed by atoms with Gasteiger partial charge in [-0.25, -0.2) is 0 Å². The van der Waals surface area contributed by atoms with Gasteiger partial charge in [-0.3, -0.25) is 14.5 Å². The van der Waals surface area contributed by atoms with Crippen molar-refractivity contribution in [3.05, 3.63) is 61.4 Å². The number of benzene rings is 2. The van der Waals surface area contributed by atoms with Crippen molar-refractivity contribution >= 4 is 63.8 Å². The molecule has 0 spiro atoms. The second-order valence-corrected chi connectivity index (χ2v) is 7.97. The largest absolute Gasteiger partial charge is 0.493 e. The predicted octanol–water partition coefficient (Wildman–Crippen LogP) is 5.90. The van der Waals surface area contributed by atoms with Gasteiger partial charge in [0.15, 0.2) is 11.5 Å². The fourth-order valence-electron chi connectivity index (χ4n) is 2.63. The minimum Gasteiger partial charge on any atom is -0.493 e. The molecule has 0 unspecified atom stereocenters. The van der Waals surface area contributed by atoms with E-state index in [1.54, 1.807) is 36.4 Å². The SMILES string of the molecule is COc1cc(/C=C2\SC(=O)N(Cc3ccc(Cl)c(Cl)c3)C2=O)cc(Cl)c1OC. The zero-order valence-corrected chi connectivity index (χ0v) is 17.9. The van der Waals surface area contributed by atoms with Gasteiger partial charge in [0, 0.05) is 0 Å². The molecular formula is C19H14Cl3NO4S. The molecule has 0 saturated carbocycles. The number of ether oxygens (including phenoxy) is 2. The van der Waals surface area contributed by atoms with Crippen LogP contribution < -0.4 is 9.47 Å². The molecule has 2 aromatic carbocycles. The molecule has 1 aliphatic heterocycles. The monoisotopic (exact) mass is 457 g/mol. The van der Waals surface area contributed by atoms with Crippen molar-refractivity contribution in [2.75, 3.05) is 14.2 Å². The van der Waals surface area contributed by atoms with Gasteiger partial charge in [-0.15, -0.1) is 0 Å². The molecule has 1 heterocycles. The number of hydrogen-bond acceptors (Lipinski definition) is 5. The third-order valence-corrected chi connectivity index (χ3v) is 5.88. The minimum atomic E-state index is -0.396. The molecular weight excluding hydrogens is 445 g/mol. The average Bonchev–Trinajstić information content (AvgIpc) is 2.91. The third-order valence-electron chi connectivity index (χ3n) is 3.95. The number of imide groups is 1. The second kappa shape index (κ2) is 8.66. The topological polar surface area (TPSA) is 55.8 Å². The van der Waals surface area contributed by atoms with Gasteiger partial charge in [-0.1, -0.05) is 40.9 Å². The van der Waals surface area contributed by atoms with Crippen molar-refractivity contribution in [3.8, 4) is 11.5 Å². The number of methoxy groups -OCH3 is 2. The van der Waals surface area contributed by atoms with Crippen LogP contribution in [0.15, 0.2) is 35.2 Å². The lowest BCUT2D eigenvalue weighted by molar-refractivity contribution is -0.123. The van der Waals surface area contributed by atoms with Crippen LogP contribution in [0, 0.1) is 0 Å². The number of nitrogens with zero attached hydrogens (tertiary/aromatic N) is 1. The van der Waals surface area contributed by atoms with Gasteiger partial charge in [-0.2, -0.15) is 0 Å². The maximum absolute atomic E-state index is 12.7. The van der Waals surface area contributed by atoms with E-state index < -0.39 is 5.91 Å². The van der Waals surface area contributed by atoms with Gasteiger partial charge >= 0.3 is 0 Å². The molecule has 1 fully saturated rings. The Hall–Kier alpha value is -1.86. The average molecular weight is 459 g/mol. The third kappa shape index (κ3) is 4.25. The van der Waals surface area contributed by atoms with Crippen LogP contribution in [0.2, 0.25) is 15.1 Å². The molecule has 9 heteroatoms. The maximum atomic E-state index is 12.7. The molecule has 0 bridgehead atoms. The first kappa shape index (κ1) is 20.9. The number of carbonyl (C=O) groups is 2. The summed E-state index contributed by atoms with van der Waals surface area (Å²) in [4.78, 5) is 26.5. The highest BCUT2D eigenvalue weighted by Crippen LogP contribution is 2.39. The molecule has 0 aliphatic carbocycles. The maximum Gasteiger partial charge on any atom is 0.293 e. The van der Waals surface area contributed by atoms with Gasteiger partial charge in [-0.05, 0) is 53.2 Å². The smallest absolute Gasteiger partial charge is 0.293 e. The Morgan fingerprint density at radius 2 is 1.75 bits per heavy atom. The van der Waals surface area contributed by atoms with Crippen LogP contribution >= 0.6 is 46.6 Å². The first-order valence-electron chi connectivity index (χ1n) is 7.95. The Bertz CT molecular complexity index is 993. The number of amides is 2. The highest BCUT2D eigenvalue weighted by molar-refractivity contribution is 8.18. The van der Waals surface area contributed by atoms with Gasteiger partial charge in [0.25, 0.3) is 11.1 Å². The van der Waals surface area contributed by atoms with E-state index >= 15 is 0 Å². The lowest BCUT2D eigenvalue weighted by Crippen LogP contribution is -2.27. The van der Waals surface area contributed by atoms with E-state index in [-0.39, 0.29) is 16.7 Å². The Labute approximate surface area is 181 Å². The number of hydrogen-bond donors (Lipinski definition) is 0. The summed E-state index contributed by atoms with van der Waals surface area (Å²) in [5.41, 5.74) is 1.31. The molecule has 1 aliphatic rings. The predicted molar refractivity (Wildman–Crippen MR) is 113 cm³/mol. The Morgan fingerprint density at radius 1 is 1.00 bits per heavy atom. The summed E-state index contributed by atoms with van der Waals surface area (Å²) >= 11 is 19.0. The van der Waals surface area contributed by atoms with E-state index in [0.717, 1.165) is 16.7 Å². The lowest BCUT2D eigenvalue weighted by Gasteiger charge is -2.13. The van der Waals surface area contributed by atoms with Gasteiger partial charge in [0.05, 0.1) is 40.7 Å². The van der Waals surface area contributed by atoms with E-state index in [4.69, 9.17) is 44.3 Å². The van der Waals surface area contributed by atoms with Crippen molar-refractivity contribution in [2.24, 2.45) is 0 Å². The standard InChI is InChI=1S/C19H14Cl3NO4S/c1-26-15-7-11(6-14(22)17(15)27-2)8-16-18(24)23(19(25)28-16)9-10-3-4-12(20)13(21)5-10/h3-8H,9H2,1-2H3/b16-8-. The first-order valence-corrected chi connectivity index (χ1v) is 9.90. The molecule has 3 rings (SSSR count). The van der Waals surface area contributed by atoms with Gasteiger partial charge < -0.3 is 9.47 Å². The number of carbonyl (C=O) groups excluding carboxylic acids is 2. The molecule has 2 aromatic rings. The highest BCUT2D eigenvalue weighted by atomic mass is 35.5. The summed E-state index contributed by atoms with van der Waals surface area (Å²) in [5.74, 6) is 0.428. The quantitative estimate of drug-likeness (QED) is 0.522. The van der Waals surface area contributed by atoms with Gasteiger partial charge in [0.1, 0.15) is 0 Å². The van der Waals surface area contributed by atoms with Crippen LogP contribution in [0.3, 0.4) is 0 Å². The second-order valence-electron chi connectivity index (χ2n) is 5.75. The van der Waals surface area contributed by atoms with E-state index in [0.29, 0.717) is 37.7 Å². The fourth-order valence-corrected chi connectivity index (χ4v) is 4.08. The fraction of sp³-hybridized carbons (Fsp3) is 0.158. The van der Waals surface area contributed by atoms with Crippen LogP contribution in [0.5, 0.6) is 11.5 Å². The van der Waals surface area contributed by atoms with Crippen LogP contribution in [-0.2, 0) is 11.3 Å². The van der Waals surface area contributed by atoms with Crippen molar-refractivity contribution in [3.63, 3.8) is 0 Å². The molecule has 2 amide bonds. The summed E-state index contributed by atoms with van der Waals surface area (Å²) in [7, 11) is 2.97. The first-order chi connectivity index (χ1) is 13.3. The minimum absolute atomic E-state index is 0.103. The number of thioether (sulfide) groups is 1. The van der Waals surface area contributed by atoms with Crippen molar-refractivity contribution in [2.45, 2.75) is 6.54 Å². The van der Waals surface area contributed by atoms with Crippen LogP contribution in [0.25, 0.3) is 6.08 Å². The molecule has 0 atom stereocenters. The molecule has 1 saturated heterocycles. The number of rotatable bonds is 5. The molecule has 0 aromatic heterocycles. The molecule has 146 valence electrons. The Morgan fingerprint density at radius 3 is 2.39 bits per heavy atom.